The van der Waals surface area contributed by atoms with Gasteiger partial charge in [0, 0.05) is 37.3 Å². The normalized spacial score (nSPS) is 23.0. The molecule has 2 saturated heterocycles. The van der Waals surface area contributed by atoms with Crippen molar-refractivity contribution < 1.29 is 13.5 Å². The lowest BCUT2D eigenvalue weighted by Crippen LogP contribution is -2.50. The minimum atomic E-state index is -0.809. The minimum Gasteiger partial charge on any atom is -0.379 e. The van der Waals surface area contributed by atoms with Crippen LogP contribution in [-0.2, 0) is 11.3 Å². The molecular formula is C23H25F2N3O. The molecule has 4 nitrogen and oxygen atoms in total. The van der Waals surface area contributed by atoms with Crippen molar-refractivity contribution in [1.82, 2.24) is 4.90 Å². The van der Waals surface area contributed by atoms with Gasteiger partial charge in [-0.15, -0.1) is 0 Å². The third-order valence-electron chi connectivity index (χ3n) is 5.91. The number of nitrogens with zero attached hydrogens (tertiary/aromatic N) is 3. The summed E-state index contributed by atoms with van der Waals surface area (Å²) in [6, 6.07) is 14.1. The Kier molecular flexibility index (Phi) is 5.79. The summed E-state index contributed by atoms with van der Waals surface area (Å²) < 4.78 is 32.8. The third kappa shape index (κ3) is 4.58. The number of piperidine rings is 1. The van der Waals surface area contributed by atoms with E-state index in [0.717, 1.165) is 50.3 Å². The Morgan fingerprint density at radius 1 is 1.07 bits per heavy atom. The van der Waals surface area contributed by atoms with E-state index in [1.807, 2.05) is 24.3 Å². The number of anilines is 1. The molecule has 1 atom stereocenters. The topological polar surface area (TPSA) is 39.5 Å². The lowest BCUT2D eigenvalue weighted by atomic mass is 9.79. The van der Waals surface area contributed by atoms with Gasteiger partial charge >= 0.3 is 0 Å². The first kappa shape index (κ1) is 19.8. The quantitative estimate of drug-likeness (QED) is 0.786. The van der Waals surface area contributed by atoms with E-state index in [9.17, 15) is 14.0 Å². The summed E-state index contributed by atoms with van der Waals surface area (Å²) >= 11 is 0. The predicted octanol–water partition coefficient (Wildman–Crippen LogP) is 3.96. The van der Waals surface area contributed by atoms with Gasteiger partial charge in [0.05, 0.1) is 24.8 Å². The highest BCUT2D eigenvalue weighted by atomic mass is 19.2. The molecule has 2 aliphatic rings. The maximum Gasteiger partial charge on any atom is 0.159 e. The number of hydrogen-bond donors (Lipinski definition) is 0. The molecule has 2 aromatic carbocycles. The Morgan fingerprint density at radius 2 is 1.97 bits per heavy atom. The van der Waals surface area contributed by atoms with E-state index in [-0.39, 0.29) is 5.41 Å². The highest BCUT2D eigenvalue weighted by molar-refractivity contribution is 5.52. The van der Waals surface area contributed by atoms with Crippen molar-refractivity contribution in [3.05, 3.63) is 65.2 Å². The molecule has 1 unspecified atom stereocenters. The van der Waals surface area contributed by atoms with Crippen LogP contribution in [0.25, 0.3) is 0 Å². The van der Waals surface area contributed by atoms with E-state index in [4.69, 9.17) is 4.74 Å². The Hall–Kier alpha value is -2.49. The standard InChI is InChI=1S/C23H25F2N3O/c24-21-6-5-19(12-22(21)25)14-27-8-2-7-23(15-27)16-28(9-10-29-17-23)20-4-1-3-18(11-20)13-26/h1,3-6,11-12H,2,7-10,14-17H2. The molecule has 1 spiro atoms. The molecule has 0 radical (unpaired) electrons. The van der Waals surface area contributed by atoms with Crippen LogP contribution in [0.1, 0.15) is 24.0 Å². The predicted molar refractivity (Wildman–Crippen MR) is 107 cm³/mol. The zero-order chi connectivity index (χ0) is 20.3. The van der Waals surface area contributed by atoms with Crippen molar-refractivity contribution in [2.24, 2.45) is 5.41 Å². The molecule has 2 fully saturated rings. The Morgan fingerprint density at radius 3 is 2.79 bits per heavy atom. The van der Waals surface area contributed by atoms with Gasteiger partial charge in [-0.1, -0.05) is 12.1 Å². The first-order valence-electron chi connectivity index (χ1n) is 10.1. The van der Waals surface area contributed by atoms with Crippen LogP contribution in [0.5, 0.6) is 0 Å². The zero-order valence-electron chi connectivity index (χ0n) is 16.4. The average molecular weight is 397 g/mol. The van der Waals surface area contributed by atoms with E-state index >= 15 is 0 Å². The molecule has 0 saturated carbocycles. The van der Waals surface area contributed by atoms with Gasteiger partial charge < -0.3 is 9.64 Å². The molecule has 152 valence electrons. The highest BCUT2D eigenvalue weighted by Gasteiger charge is 2.39. The van der Waals surface area contributed by atoms with E-state index < -0.39 is 11.6 Å². The minimum absolute atomic E-state index is 0.0179. The first-order valence-corrected chi connectivity index (χ1v) is 10.1. The summed E-state index contributed by atoms with van der Waals surface area (Å²) in [6.07, 6.45) is 2.11. The van der Waals surface area contributed by atoms with Crippen molar-refractivity contribution in [2.45, 2.75) is 19.4 Å². The van der Waals surface area contributed by atoms with Crippen LogP contribution in [0.3, 0.4) is 0 Å². The molecule has 2 aromatic rings. The number of benzene rings is 2. The fourth-order valence-corrected chi connectivity index (χ4v) is 4.57. The first-order chi connectivity index (χ1) is 14.1. The van der Waals surface area contributed by atoms with Gasteiger partial charge in [-0.05, 0) is 55.3 Å². The maximum atomic E-state index is 13.6. The number of likely N-dealkylation sites (tertiary alicyclic amines) is 1. The van der Waals surface area contributed by atoms with Crippen molar-refractivity contribution in [3.63, 3.8) is 0 Å². The largest absolute Gasteiger partial charge is 0.379 e. The highest BCUT2D eigenvalue weighted by Crippen LogP contribution is 2.35. The maximum absolute atomic E-state index is 13.6. The molecule has 2 heterocycles. The molecule has 4 rings (SSSR count). The second-order valence-corrected chi connectivity index (χ2v) is 8.20. The number of ether oxygens (including phenoxy) is 1. The van der Waals surface area contributed by atoms with Crippen LogP contribution in [0.15, 0.2) is 42.5 Å². The Bertz CT molecular complexity index is 913. The summed E-state index contributed by atoms with van der Waals surface area (Å²) in [6.45, 7) is 5.38. The number of hydrogen-bond acceptors (Lipinski definition) is 4. The van der Waals surface area contributed by atoms with Gasteiger partial charge in [-0.2, -0.15) is 5.26 Å². The summed E-state index contributed by atoms with van der Waals surface area (Å²) in [4.78, 5) is 4.63. The Labute approximate surface area is 170 Å². The van der Waals surface area contributed by atoms with Gasteiger partial charge in [0.15, 0.2) is 11.6 Å². The second kappa shape index (κ2) is 8.48. The monoisotopic (exact) mass is 397 g/mol. The van der Waals surface area contributed by atoms with Gasteiger partial charge in [-0.25, -0.2) is 8.78 Å². The van der Waals surface area contributed by atoms with E-state index in [1.165, 1.54) is 12.1 Å². The Balaban J connectivity index is 1.50. The summed E-state index contributed by atoms with van der Waals surface area (Å²) in [5.74, 6) is -1.60. The van der Waals surface area contributed by atoms with Crippen LogP contribution in [-0.4, -0.2) is 44.3 Å². The van der Waals surface area contributed by atoms with Crippen LogP contribution in [0.4, 0.5) is 14.5 Å². The van der Waals surface area contributed by atoms with Crippen molar-refractivity contribution in [2.75, 3.05) is 44.3 Å². The van der Waals surface area contributed by atoms with Crippen LogP contribution in [0, 0.1) is 28.4 Å². The van der Waals surface area contributed by atoms with E-state index in [1.54, 1.807) is 6.07 Å². The number of halogens is 2. The van der Waals surface area contributed by atoms with Gasteiger partial charge in [0.25, 0.3) is 0 Å². The second-order valence-electron chi connectivity index (χ2n) is 8.20. The van der Waals surface area contributed by atoms with Crippen molar-refractivity contribution in [1.29, 1.82) is 5.26 Å². The SMILES string of the molecule is N#Cc1cccc(N2CCOCC3(CCCN(Cc4ccc(F)c(F)c4)C3)C2)c1. The number of nitriles is 1. The molecular weight excluding hydrogens is 372 g/mol. The smallest absolute Gasteiger partial charge is 0.159 e. The van der Waals surface area contributed by atoms with Crippen LogP contribution in [0.2, 0.25) is 0 Å². The van der Waals surface area contributed by atoms with Gasteiger partial charge in [0.2, 0.25) is 0 Å². The molecule has 0 bridgehead atoms. The third-order valence-corrected chi connectivity index (χ3v) is 5.91. The number of rotatable bonds is 3. The molecule has 0 N–H and O–H groups in total. The molecule has 29 heavy (non-hydrogen) atoms. The van der Waals surface area contributed by atoms with Gasteiger partial charge in [0.1, 0.15) is 0 Å². The summed E-state index contributed by atoms with van der Waals surface area (Å²) in [5, 5.41) is 9.22. The summed E-state index contributed by atoms with van der Waals surface area (Å²) in [5.41, 5.74) is 2.47. The fourth-order valence-electron chi connectivity index (χ4n) is 4.57. The average Bonchev–Trinajstić information content (AvgIpc) is 2.93. The molecule has 0 aliphatic carbocycles. The lowest BCUT2D eigenvalue weighted by Gasteiger charge is -2.44. The fraction of sp³-hybridized carbons (Fsp3) is 0.435. The van der Waals surface area contributed by atoms with Gasteiger partial charge in [-0.3, -0.25) is 4.90 Å². The van der Waals surface area contributed by atoms with Crippen LogP contribution < -0.4 is 4.90 Å². The molecule has 2 aliphatic heterocycles. The molecule has 0 aromatic heterocycles. The van der Waals surface area contributed by atoms with E-state index in [0.29, 0.717) is 25.3 Å². The molecule has 0 amide bonds. The zero-order valence-corrected chi connectivity index (χ0v) is 16.4. The van der Waals surface area contributed by atoms with Crippen LogP contribution >= 0.6 is 0 Å². The molecule has 6 heteroatoms. The van der Waals surface area contributed by atoms with Crippen molar-refractivity contribution >= 4 is 5.69 Å². The van der Waals surface area contributed by atoms with E-state index in [2.05, 4.69) is 15.9 Å². The van der Waals surface area contributed by atoms with Crippen molar-refractivity contribution in [3.8, 4) is 6.07 Å². The summed E-state index contributed by atoms with van der Waals surface area (Å²) in [7, 11) is 0. The lowest BCUT2D eigenvalue weighted by molar-refractivity contribution is 0.0106.